The van der Waals surface area contributed by atoms with Crippen molar-refractivity contribution in [1.82, 2.24) is 0 Å². The largest absolute Gasteiger partial charge is 0.355 e. The Bertz CT molecular complexity index is 2720. The van der Waals surface area contributed by atoms with Crippen molar-refractivity contribution >= 4 is 45.5 Å². The average molecular weight is 788 g/mol. The summed E-state index contributed by atoms with van der Waals surface area (Å²) in [5.41, 5.74) is 17.1. The van der Waals surface area contributed by atoms with Crippen molar-refractivity contribution in [3.63, 3.8) is 0 Å². The zero-order chi connectivity index (χ0) is 41.6. The minimum atomic E-state index is 0.123. The first-order valence-corrected chi connectivity index (χ1v) is 21.0. The quantitative estimate of drug-likeness (QED) is 0.141. The highest BCUT2D eigenvalue weighted by Gasteiger charge is 2.17. The molecule has 61 heavy (non-hydrogen) atoms. The summed E-state index contributed by atoms with van der Waals surface area (Å²) in [6.45, 7) is 6.76. The van der Waals surface area contributed by atoms with E-state index in [0.29, 0.717) is 0 Å². The summed E-state index contributed by atoms with van der Waals surface area (Å²) in [4.78, 5) is 4.59. The van der Waals surface area contributed by atoms with E-state index in [-0.39, 0.29) is 5.41 Å². The van der Waals surface area contributed by atoms with Gasteiger partial charge in [-0.1, -0.05) is 160 Å². The molecule has 0 aliphatic heterocycles. The third kappa shape index (κ3) is 8.73. The maximum Gasteiger partial charge on any atom is 0.0464 e. The fourth-order valence-corrected chi connectivity index (χ4v) is 7.93. The van der Waals surface area contributed by atoms with Crippen LogP contribution in [0.4, 0.5) is 45.5 Å². The molecule has 0 atom stereocenters. The molecule has 9 aromatic carbocycles. The van der Waals surface area contributed by atoms with Crippen molar-refractivity contribution in [3.8, 4) is 33.4 Å². The van der Waals surface area contributed by atoms with Crippen LogP contribution in [0.15, 0.2) is 237 Å². The van der Waals surface area contributed by atoms with Crippen LogP contribution in [0, 0.1) is 0 Å². The molecule has 1 N–H and O–H groups in total. The molecule has 0 unspecified atom stereocenters. The molecule has 0 aromatic heterocycles. The van der Waals surface area contributed by atoms with Gasteiger partial charge >= 0.3 is 0 Å². The van der Waals surface area contributed by atoms with E-state index >= 15 is 0 Å². The van der Waals surface area contributed by atoms with Crippen LogP contribution in [0.1, 0.15) is 26.3 Å². The molecule has 3 heteroatoms. The summed E-state index contributed by atoms with van der Waals surface area (Å²) in [6.07, 6.45) is 0. The van der Waals surface area contributed by atoms with Gasteiger partial charge in [-0.15, -0.1) is 0 Å². The molecule has 0 aliphatic rings. The number of rotatable bonds is 11. The van der Waals surface area contributed by atoms with Crippen LogP contribution in [0.5, 0.6) is 0 Å². The molecule has 0 saturated carbocycles. The average Bonchev–Trinajstić information content (AvgIpc) is 3.31. The number of anilines is 8. The molecule has 296 valence electrons. The third-order valence-electron chi connectivity index (χ3n) is 11.2. The second kappa shape index (κ2) is 17.3. The summed E-state index contributed by atoms with van der Waals surface area (Å²) in [7, 11) is 0. The predicted molar refractivity (Wildman–Crippen MR) is 261 cm³/mol. The van der Waals surface area contributed by atoms with Gasteiger partial charge in [0, 0.05) is 51.1 Å². The Kier molecular flexibility index (Phi) is 11.0. The number of hydrogen-bond acceptors (Lipinski definition) is 3. The highest BCUT2D eigenvalue weighted by Crippen LogP contribution is 2.40. The minimum Gasteiger partial charge on any atom is -0.355 e. The Balaban J connectivity index is 1.07. The molecule has 0 radical (unpaired) electrons. The molecule has 0 saturated heterocycles. The van der Waals surface area contributed by atoms with Crippen LogP contribution in [-0.4, -0.2) is 0 Å². The van der Waals surface area contributed by atoms with E-state index in [1.807, 2.05) is 0 Å². The molecule has 0 bridgehead atoms. The van der Waals surface area contributed by atoms with E-state index in [1.54, 1.807) is 0 Å². The first kappa shape index (κ1) is 38.9. The monoisotopic (exact) mass is 787 g/mol. The normalized spacial score (nSPS) is 11.2. The molecule has 9 rings (SSSR count). The summed E-state index contributed by atoms with van der Waals surface area (Å²) in [6, 6.07) is 84.5. The van der Waals surface area contributed by atoms with Gasteiger partial charge in [0.05, 0.1) is 0 Å². The SMILES string of the molecule is CC(C)(C)c1ccc(-c2ccc(Nc3ccc(-c4ccc(N(c5ccccc5)c5ccccc5)cc4)cc3-c3ccc(N(c4ccccc4)c4ccccc4)cc3)cc2)cc1. The van der Waals surface area contributed by atoms with Gasteiger partial charge in [0.1, 0.15) is 0 Å². The van der Waals surface area contributed by atoms with Crippen LogP contribution in [0.25, 0.3) is 33.4 Å². The Morgan fingerprint density at radius 3 is 1.05 bits per heavy atom. The molecular formula is C58H49N3. The Hall–Kier alpha value is -7.62. The van der Waals surface area contributed by atoms with Crippen molar-refractivity contribution in [2.75, 3.05) is 15.1 Å². The second-order valence-electron chi connectivity index (χ2n) is 16.4. The van der Waals surface area contributed by atoms with Crippen LogP contribution in [-0.2, 0) is 5.41 Å². The molecule has 0 aliphatic carbocycles. The summed E-state index contributed by atoms with van der Waals surface area (Å²) in [5.74, 6) is 0. The number of nitrogens with zero attached hydrogens (tertiary/aromatic N) is 2. The van der Waals surface area contributed by atoms with Gasteiger partial charge < -0.3 is 15.1 Å². The molecule has 0 spiro atoms. The molecule has 3 nitrogen and oxygen atoms in total. The molecule has 0 heterocycles. The smallest absolute Gasteiger partial charge is 0.0464 e. The van der Waals surface area contributed by atoms with E-state index in [1.165, 1.54) is 16.7 Å². The lowest BCUT2D eigenvalue weighted by molar-refractivity contribution is 0.590. The van der Waals surface area contributed by atoms with E-state index < -0.39 is 0 Å². The van der Waals surface area contributed by atoms with Crippen molar-refractivity contribution < 1.29 is 0 Å². The number of nitrogens with one attached hydrogen (secondary N) is 1. The molecular weight excluding hydrogens is 739 g/mol. The lowest BCUT2D eigenvalue weighted by Gasteiger charge is -2.26. The van der Waals surface area contributed by atoms with Gasteiger partial charge in [-0.2, -0.15) is 0 Å². The minimum absolute atomic E-state index is 0.123. The first-order chi connectivity index (χ1) is 29.9. The van der Waals surface area contributed by atoms with Gasteiger partial charge in [0.15, 0.2) is 0 Å². The first-order valence-electron chi connectivity index (χ1n) is 21.0. The lowest BCUT2D eigenvalue weighted by Crippen LogP contribution is -2.10. The fraction of sp³-hybridized carbons (Fsp3) is 0.0690. The van der Waals surface area contributed by atoms with Gasteiger partial charge in [0.2, 0.25) is 0 Å². The third-order valence-corrected chi connectivity index (χ3v) is 11.2. The Labute approximate surface area is 360 Å². The van der Waals surface area contributed by atoms with Gasteiger partial charge in [0.25, 0.3) is 0 Å². The van der Waals surface area contributed by atoms with Crippen molar-refractivity contribution in [2.24, 2.45) is 0 Å². The molecule has 0 amide bonds. The number of benzene rings is 9. The summed E-state index contributed by atoms with van der Waals surface area (Å²) in [5, 5.41) is 3.79. The lowest BCUT2D eigenvalue weighted by atomic mass is 9.86. The van der Waals surface area contributed by atoms with E-state index in [4.69, 9.17) is 0 Å². The van der Waals surface area contributed by atoms with Crippen LogP contribution < -0.4 is 15.1 Å². The van der Waals surface area contributed by atoms with Crippen LogP contribution >= 0.6 is 0 Å². The van der Waals surface area contributed by atoms with E-state index in [2.05, 4.69) is 272 Å². The highest BCUT2D eigenvalue weighted by molar-refractivity contribution is 5.88. The molecule has 0 fully saturated rings. The van der Waals surface area contributed by atoms with E-state index in [9.17, 15) is 0 Å². The Morgan fingerprint density at radius 1 is 0.311 bits per heavy atom. The van der Waals surface area contributed by atoms with Gasteiger partial charge in [-0.3, -0.25) is 0 Å². The topological polar surface area (TPSA) is 18.5 Å². The number of para-hydroxylation sites is 4. The standard InChI is InChI=1S/C58H49N3/c1-58(2,3)48-33-24-43(25-34-48)44-26-35-49(36-27-44)59-57-41-32-47(45-28-37-54(38-29-45)60(50-16-8-4-9-17-50)51-18-10-5-11-19-51)42-56(57)46-30-39-55(40-31-46)61(52-20-12-6-13-21-52)53-22-14-7-15-23-53/h4-42,59H,1-3H3. The number of hydrogen-bond donors (Lipinski definition) is 1. The highest BCUT2D eigenvalue weighted by atomic mass is 15.1. The van der Waals surface area contributed by atoms with Gasteiger partial charge in [-0.05, 0) is 136 Å². The van der Waals surface area contributed by atoms with Crippen molar-refractivity contribution in [2.45, 2.75) is 26.2 Å². The maximum atomic E-state index is 3.79. The van der Waals surface area contributed by atoms with E-state index in [0.717, 1.165) is 67.8 Å². The Morgan fingerprint density at radius 2 is 0.639 bits per heavy atom. The van der Waals surface area contributed by atoms with Gasteiger partial charge in [-0.25, -0.2) is 0 Å². The summed E-state index contributed by atoms with van der Waals surface area (Å²) < 4.78 is 0. The zero-order valence-corrected chi connectivity index (χ0v) is 34.9. The van der Waals surface area contributed by atoms with Crippen LogP contribution in [0.3, 0.4) is 0 Å². The molecule has 9 aromatic rings. The van der Waals surface area contributed by atoms with Crippen molar-refractivity contribution in [1.29, 1.82) is 0 Å². The second-order valence-corrected chi connectivity index (χ2v) is 16.4. The predicted octanol–water partition coefficient (Wildman–Crippen LogP) is 16.7. The van der Waals surface area contributed by atoms with Crippen LogP contribution in [0.2, 0.25) is 0 Å². The van der Waals surface area contributed by atoms with Crippen molar-refractivity contribution in [3.05, 3.63) is 242 Å². The maximum absolute atomic E-state index is 3.79. The fourth-order valence-electron chi connectivity index (χ4n) is 7.93. The summed E-state index contributed by atoms with van der Waals surface area (Å²) >= 11 is 0. The zero-order valence-electron chi connectivity index (χ0n) is 34.9.